The van der Waals surface area contributed by atoms with Crippen LogP contribution in [0.15, 0.2) is 47.5 Å². The van der Waals surface area contributed by atoms with E-state index >= 15 is 0 Å². The Morgan fingerprint density at radius 3 is 2.88 bits per heavy atom. The predicted molar refractivity (Wildman–Crippen MR) is 67.7 cm³/mol. The number of fused-ring (bicyclic) bond motifs is 2. The lowest BCUT2D eigenvalue weighted by Gasteiger charge is -2.05. The maximum atomic E-state index is 4.62. The number of aromatic nitrogens is 1. The predicted octanol–water partition coefficient (Wildman–Crippen LogP) is 2.93. The molecule has 0 saturated carbocycles. The summed E-state index contributed by atoms with van der Waals surface area (Å²) >= 11 is 1.76. The Kier molecular flexibility index (Phi) is 2.18. The molecule has 1 aromatic carbocycles. The second kappa shape index (κ2) is 3.68. The van der Waals surface area contributed by atoms with Crippen LogP contribution in [-0.2, 0) is 0 Å². The normalized spacial score (nSPS) is 12.4. The van der Waals surface area contributed by atoms with Crippen LogP contribution in [0.1, 0.15) is 0 Å². The van der Waals surface area contributed by atoms with Crippen molar-refractivity contribution in [3.63, 3.8) is 0 Å². The maximum Gasteiger partial charge on any atom is 0.0811 e. The lowest BCUT2D eigenvalue weighted by atomic mass is 10.2. The SMILES string of the molecule is C/N=c1/ccc2nc3ccccc3sc-2c1. The van der Waals surface area contributed by atoms with Gasteiger partial charge in [-0.1, -0.05) is 12.1 Å². The monoisotopic (exact) mass is 226 g/mol. The first kappa shape index (κ1) is 9.48. The highest BCUT2D eigenvalue weighted by atomic mass is 32.1. The Labute approximate surface area is 97.3 Å². The van der Waals surface area contributed by atoms with Crippen molar-refractivity contribution in [2.24, 2.45) is 4.99 Å². The van der Waals surface area contributed by atoms with Gasteiger partial charge in [0, 0.05) is 7.05 Å². The summed E-state index contributed by atoms with van der Waals surface area (Å²) in [7, 11) is 1.81. The highest BCUT2D eigenvalue weighted by molar-refractivity contribution is 7.21. The van der Waals surface area contributed by atoms with Gasteiger partial charge in [-0.05, 0) is 30.3 Å². The number of hydrogen-bond donors (Lipinski definition) is 0. The maximum absolute atomic E-state index is 4.62. The van der Waals surface area contributed by atoms with Gasteiger partial charge in [0.25, 0.3) is 0 Å². The standard InChI is InChI=1S/C13H10N2S/c1-14-9-6-7-11-13(8-9)16-12-5-3-2-4-10(12)15-11/h2-8H,1H3/b14-9-. The first-order valence-corrected chi connectivity index (χ1v) is 5.91. The summed E-state index contributed by atoms with van der Waals surface area (Å²) in [5.74, 6) is 0. The van der Waals surface area contributed by atoms with E-state index < -0.39 is 0 Å². The van der Waals surface area contributed by atoms with Crippen LogP contribution in [0.4, 0.5) is 0 Å². The van der Waals surface area contributed by atoms with Gasteiger partial charge in [-0.3, -0.25) is 4.99 Å². The van der Waals surface area contributed by atoms with E-state index in [1.807, 2.05) is 30.3 Å². The molecule has 1 aromatic rings. The van der Waals surface area contributed by atoms with Crippen LogP contribution in [0.2, 0.25) is 0 Å². The van der Waals surface area contributed by atoms with Crippen molar-refractivity contribution in [2.45, 2.75) is 0 Å². The molecule has 0 amide bonds. The van der Waals surface area contributed by atoms with Gasteiger partial charge in [0.15, 0.2) is 0 Å². The van der Waals surface area contributed by atoms with Crippen LogP contribution in [0.5, 0.6) is 0 Å². The van der Waals surface area contributed by atoms with Gasteiger partial charge in [-0.25, -0.2) is 4.98 Å². The number of para-hydroxylation sites is 1. The van der Waals surface area contributed by atoms with E-state index in [4.69, 9.17) is 0 Å². The summed E-state index contributed by atoms with van der Waals surface area (Å²) in [6.07, 6.45) is 0. The lowest BCUT2D eigenvalue weighted by Crippen LogP contribution is -2.00. The molecule has 3 rings (SSSR count). The van der Waals surface area contributed by atoms with E-state index in [1.165, 1.54) is 9.58 Å². The van der Waals surface area contributed by atoms with Crippen molar-refractivity contribution in [1.29, 1.82) is 0 Å². The van der Waals surface area contributed by atoms with Crippen molar-refractivity contribution in [3.8, 4) is 10.6 Å². The molecular formula is C13H10N2S. The lowest BCUT2D eigenvalue weighted by molar-refractivity contribution is 1.26. The molecule has 0 aromatic heterocycles. The molecule has 16 heavy (non-hydrogen) atoms. The minimum absolute atomic E-state index is 1.00. The third kappa shape index (κ3) is 1.49. The van der Waals surface area contributed by atoms with Crippen molar-refractivity contribution < 1.29 is 0 Å². The van der Waals surface area contributed by atoms with E-state index in [9.17, 15) is 0 Å². The molecule has 1 heterocycles. The first-order valence-electron chi connectivity index (χ1n) is 5.09. The number of benzene rings is 2. The Bertz CT molecular complexity index is 685. The Hall–Kier alpha value is -1.74. The van der Waals surface area contributed by atoms with Crippen LogP contribution in [0, 0.1) is 0 Å². The zero-order valence-corrected chi connectivity index (χ0v) is 9.66. The van der Waals surface area contributed by atoms with Gasteiger partial charge < -0.3 is 0 Å². The van der Waals surface area contributed by atoms with Gasteiger partial charge in [-0.2, -0.15) is 0 Å². The van der Waals surface area contributed by atoms with Crippen LogP contribution >= 0.6 is 11.3 Å². The number of hydrogen-bond acceptors (Lipinski definition) is 3. The van der Waals surface area contributed by atoms with Gasteiger partial charge in [-0.15, -0.1) is 11.3 Å². The summed E-state index contributed by atoms with van der Waals surface area (Å²) in [6.45, 7) is 0. The van der Waals surface area contributed by atoms with Crippen LogP contribution in [0.25, 0.3) is 20.8 Å². The second-order valence-electron chi connectivity index (χ2n) is 3.56. The average Bonchev–Trinajstić information content (AvgIpc) is 2.35. The van der Waals surface area contributed by atoms with Crippen molar-refractivity contribution >= 4 is 21.6 Å². The summed E-state index contributed by atoms with van der Waals surface area (Å²) < 4.78 is 1.21. The van der Waals surface area contributed by atoms with Gasteiger partial charge >= 0.3 is 0 Å². The summed E-state index contributed by atoms with van der Waals surface area (Å²) in [5, 5.41) is 1.00. The summed E-state index contributed by atoms with van der Waals surface area (Å²) in [5.41, 5.74) is 2.09. The van der Waals surface area contributed by atoms with Gasteiger partial charge in [0.1, 0.15) is 0 Å². The fourth-order valence-electron chi connectivity index (χ4n) is 1.70. The molecule has 2 aliphatic rings. The molecule has 78 valence electrons. The summed E-state index contributed by atoms with van der Waals surface area (Å²) in [6, 6.07) is 14.3. The third-order valence-corrected chi connectivity index (χ3v) is 3.64. The highest BCUT2D eigenvalue weighted by Crippen LogP contribution is 2.28. The molecular weight excluding hydrogens is 216 g/mol. The first-order chi connectivity index (χ1) is 7.86. The van der Waals surface area contributed by atoms with Crippen molar-refractivity contribution in [2.75, 3.05) is 7.05 Å². The fraction of sp³-hybridized carbons (Fsp3) is 0.0769. The van der Waals surface area contributed by atoms with Crippen molar-refractivity contribution in [1.82, 2.24) is 4.98 Å². The largest absolute Gasteiger partial charge is 0.289 e. The average molecular weight is 226 g/mol. The molecule has 1 aliphatic carbocycles. The molecule has 0 bridgehead atoms. The molecule has 0 unspecified atom stereocenters. The minimum atomic E-state index is 1.00. The van der Waals surface area contributed by atoms with E-state index in [2.05, 4.69) is 22.1 Å². The molecule has 0 radical (unpaired) electrons. The van der Waals surface area contributed by atoms with Crippen molar-refractivity contribution in [3.05, 3.63) is 47.8 Å². The minimum Gasteiger partial charge on any atom is -0.289 e. The topological polar surface area (TPSA) is 25.2 Å². The van der Waals surface area contributed by atoms with Crippen LogP contribution in [-0.4, -0.2) is 12.0 Å². The number of nitrogens with zero attached hydrogens (tertiary/aromatic N) is 2. The molecule has 0 saturated heterocycles. The Balaban J connectivity index is 2.44. The Morgan fingerprint density at radius 2 is 2.00 bits per heavy atom. The van der Waals surface area contributed by atoms with E-state index in [1.54, 1.807) is 18.4 Å². The van der Waals surface area contributed by atoms with E-state index in [0.717, 1.165) is 16.6 Å². The van der Waals surface area contributed by atoms with Gasteiger partial charge in [0.05, 0.1) is 26.1 Å². The van der Waals surface area contributed by atoms with Crippen LogP contribution in [0.3, 0.4) is 0 Å². The molecule has 1 aliphatic heterocycles. The highest BCUT2D eigenvalue weighted by Gasteiger charge is 2.05. The summed E-state index contributed by atoms with van der Waals surface area (Å²) in [4.78, 5) is 9.98. The quantitative estimate of drug-likeness (QED) is 0.541. The fourth-order valence-corrected chi connectivity index (χ4v) is 2.70. The smallest absolute Gasteiger partial charge is 0.0811 e. The zero-order chi connectivity index (χ0) is 11.0. The molecule has 0 spiro atoms. The second-order valence-corrected chi connectivity index (χ2v) is 4.64. The molecule has 0 atom stereocenters. The molecule has 3 heteroatoms. The zero-order valence-electron chi connectivity index (χ0n) is 8.84. The molecule has 0 N–H and O–H groups in total. The molecule has 0 fully saturated rings. The van der Waals surface area contributed by atoms with Gasteiger partial charge in [0.2, 0.25) is 0 Å². The molecule has 2 nitrogen and oxygen atoms in total. The van der Waals surface area contributed by atoms with E-state index in [-0.39, 0.29) is 0 Å². The number of rotatable bonds is 0. The Morgan fingerprint density at radius 1 is 1.12 bits per heavy atom. The third-order valence-electron chi connectivity index (χ3n) is 2.53. The van der Waals surface area contributed by atoms with Crippen LogP contribution < -0.4 is 5.36 Å². The van der Waals surface area contributed by atoms with E-state index in [0.29, 0.717) is 0 Å².